The smallest absolute Gasteiger partial charge is 0.151 e. The van der Waals surface area contributed by atoms with E-state index in [9.17, 15) is 4.79 Å². The van der Waals surface area contributed by atoms with Crippen LogP contribution in [0.1, 0.15) is 5.56 Å². The molecule has 64 valence electrons. The lowest BCUT2D eigenvalue weighted by Gasteiger charge is -1.97. The van der Waals surface area contributed by atoms with Gasteiger partial charge in [0.05, 0.1) is 5.88 Å². The first-order chi connectivity index (χ1) is 5.72. The fourth-order valence-corrected chi connectivity index (χ4v) is 1.24. The summed E-state index contributed by atoms with van der Waals surface area (Å²) in [5, 5.41) is 0. The molecule has 0 atom stereocenters. The minimum absolute atomic E-state index is 0.0546. The van der Waals surface area contributed by atoms with Crippen molar-refractivity contribution in [2.75, 3.05) is 5.88 Å². The van der Waals surface area contributed by atoms with Gasteiger partial charge in [-0.2, -0.15) is 0 Å². The molecule has 0 bridgehead atoms. The van der Waals surface area contributed by atoms with Crippen LogP contribution in [0, 0.1) is 0 Å². The van der Waals surface area contributed by atoms with Crippen LogP contribution in [0.2, 0.25) is 0 Å². The lowest BCUT2D eigenvalue weighted by Crippen LogP contribution is -2.03. The lowest BCUT2D eigenvalue weighted by atomic mass is 10.1. The van der Waals surface area contributed by atoms with Crippen molar-refractivity contribution >= 4 is 33.3 Å². The number of ketones is 1. The van der Waals surface area contributed by atoms with Gasteiger partial charge >= 0.3 is 0 Å². The third-order valence-electron chi connectivity index (χ3n) is 1.46. The summed E-state index contributed by atoms with van der Waals surface area (Å²) in [5.41, 5.74) is 1.00. The van der Waals surface area contributed by atoms with Gasteiger partial charge in [-0.3, -0.25) is 4.79 Å². The number of alkyl halides is 1. The SMILES string of the molecule is O=C(CCl)Cc1ccc(Br)cc1. The van der Waals surface area contributed by atoms with Gasteiger partial charge in [0.1, 0.15) is 0 Å². The van der Waals surface area contributed by atoms with Crippen LogP contribution < -0.4 is 0 Å². The number of carbonyl (C=O) groups excluding carboxylic acids is 1. The van der Waals surface area contributed by atoms with Crippen molar-refractivity contribution in [1.82, 2.24) is 0 Å². The molecule has 0 aliphatic rings. The Bertz CT molecular complexity index is 268. The highest BCUT2D eigenvalue weighted by Crippen LogP contribution is 2.11. The molecule has 1 nitrogen and oxygen atoms in total. The highest BCUT2D eigenvalue weighted by atomic mass is 79.9. The first kappa shape index (κ1) is 9.75. The largest absolute Gasteiger partial charge is 0.298 e. The highest BCUT2D eigenvalue weighted by molar-refractivity contribution is 9.10. The van der Waals surface area contributed by atoms with Crippen molar-refractivity contribution < 1.29 is 4.79 Å². The van der Waals surface area contributed by atoms with Crippen LogP contribution in [0.25, 0.3) is 0 Å². The zero-order valence-electron chi connectivity index (χ0n) is 6.39. The number of rotatable bonds is 3. The molecule has 0 aliphatic heterocycles. The zero-order chi connectivity index (χ0) is 8.97. The third-order valence-corrected chi connectivity index (χ3v) is 2.29. The van der Waals surface area contributed by atoms with E-state index < -0.39 is 0 Å². The average molecular weight is 248 g/mol. The Labute approximate surface area is 84.9 Å². The minimum atomic E-state index is 0.0546. The molecular weight excluding hydrogens is 239 g/mol. The number of benzene rings is 1. The molecule has 3 heteroatoms. The molecule has 0 N–H and O–H groups in total. The second-order valence-electron chi connectivity index (χ2n) is 2.48. The Kier molecular flexibility index (Phi) is 3.76. The average Bonchev–Trinajstić information content (AvgIpc) is 2.09. The van der Waals surface area contributed by atoms with Gasteiger partial charge in [0.15, 0.2) is 5.78 Å². The normalized spacial score (nSPS) is 9.83. The van der Waals surface area contributed by atoms with Crippen molar-refractivity contribution in [3.8, 4) is 0 Å². The summed E-state index contributed by atoms with van der Waals surface area (Å²) in [5.74, 6) is 0.148. The van der Waals surface area contributed by atoms with Crippen molar-refractivity contribution in [3.05, 3.63) is 34.3 Å². The standard InChI is InChI=1S/C9H8BrClO/c10-8-3-1-7(2-4-8)5-9(12)6-11/h1-4H,5-6H2. The number of Topliss-reactive ketones (excluding diaryl/α,β-unsaturated/α-hetero) is 1. The lowest BCUT2D eigenvalue weighted by molar-refractivity contribution is -0.116. The van der Waals surface area contributed by atoms with Crippen LogP contribution in [0.3, 0.4) is 0 Å². The third kappa shape index (κ3) is 2.95. The topological polar surface area (TPSA) is 17.1 Å². The molecule has 0 unspecified atom stereocenters. The van der Waals surface area contributed by atoms with Crippen LogP contribution >= 0.6 is 27.5 Å². The summed E-state index contributed by atoms with van der Waals surface area (Å²) in [7, 11) is 0. The maximum Gasteiger partial charge on any atom is 0.151 e. The Morgan fingerprint density at radius 2 is 1.92 bits per heavy atom. The van der Waals surface area contributed by atoms with E-state index in [1.54, 1.807) is 0 Å². The molecule has 0 saturated carbocycles. The van der Waals surface area contributed by atoms with E-state index in [4.69, 9.17) is 11.6 Å². The molecule has 0 heterocycles. The molecule has 1 rings (SSSR count). The fraction of sp³-hybridized carbons (Fsp3) is 0.222. The van der Waals surface area contributed by atoms with Crippen molar-refractivity contribution in [3.63, 3.8) is 0 Å². The van der Waals surface area contributed by atoms with E-state index >= 15 is 0 Å². The second kappa shape index (κ2) is 4.63. The maximum absolute atomic E-state index is 10.9. The number of hydrogen-bond acceptors (Lipinski definition) is 1. The van der Waals surface area contributed by atoms with E-state index in [1.165, 1.54) is 0 Å². The van der Waals surface area contributed by atoms with E-state index in [1.807, 2.05) is 24.3 Å². The van der Waals surface area contributed by atoms with E-state index in [0.717, 1.165) is 10.0 Å². The monoisotopic (exact) mass is 246 g/mol. The van der Waals surface area contributed by atoms with Crippen LogP contribution in [0.5, 0.6) is 0 Å². The molecule has 0 radical (unpaired) electrons. The van der Waals surface area contributed by atoms with Crippen LogP contribution in [-0.4, -0.2) is 11.7 Å². The molecule has 12 heavy (non-hydrogen) atoms. The molecule has 1 aromatic carbocycles. The molecule has 0 saturated heterocycles. The highest BCUT2D eigenvalue weighted by Gasteiger charge is 2.00. The van der Waals surface area contributed by atoms with E-state index in [-0.39, 0.29) is 11.7 Å². The Morgan fingerprint density at radius 3 is 2.42 bits per heavy atom. The second-order valence-corrected chi connectivity index (χ2v) is 3.66. The molecule has 1 aromatic rings. The van der Waals surface area contributed by atoms with Gasteiger partial charge in [-0.15, -0.1) is 11.6 Å². The van der Waals surface area contributed by atoms with Crippen LogP contribution in [-0.2, 0) is 11.2 Å². The Hall–Kier alpha value is -0.340. The quantitative estimate of drug-likeness (QED) is 0.751. The molecule has 0 aliphatic carbocycles. The predicted octanol–water partition coefficient (Wildman–Crippen LogP) is 2.80. The van der Waals surface area contributed by atoms with Gasteiger partial charge in [0.25, 0.3) is 0 Å². The first-order valence-electron chi connectivity index (χ1n) is 3.54. The summed E-state index contributed by atoms with van der Waals surface area (Å²) in [6.07, 6.45) is 0.427. The van der Waals surface area contributed by atoms with E-state index in [0.29, 0.717) is 6.42 Å². The first-order valence-corrected chi connectivity index (χ1v) is 4.87. The molecule has 0 aromatic heterocycles. The summed E-state index contributed by atoms with van der Waals surface area (Å²) < 4.78 is 1.02. The van der Waals surface area contributed by atoms with Gasteiger partial charge in [0.2, 0.25) is 0 Å². The van der Waals surface area contributed by atoms with Crippen LogP contribution in [0.4, 0.5) is 0 Å². The molecular formula is C9H8BrClO. The predicted molar refractivity (Wildman–Crippen MR) is 53.6 cm³/mol. The summed E-state index contributed by atoms with van der Waals surface area (Å²) in [6, 6.07) is 7.65. The zero-order valence-corrected chi connectivity index (χ0v) is 8.73. The summed E-state index contributed by atoms with van der Waals surface area (Å²) in [6.45, 7) is 0. The van der Waals surface area contributed by atoms with Crippen molar-refractivity contribution in [2.24, 2.45) is 0 Å². The minimum Gasteiger partial charge on any atom is -0.298 e. The maximum atomic E-state index is 10.9. The molecule has 0 amide bonds. The summed E-state index contributed by atoms with van der Waals surface area (Å²) in [4.78, 5) is 10.9. The van der Waals surface area contributed by atoms with Crippen molar-refractivity contribution in [2.45, 2.75) is 6.42 Å². The van der Waals surface area contributed by atoms with Gasteiger partial charge in [-0.1, -0.05) is 28.1 Å². The van der Waals surface area contributed by atoms with Gasteiger partial charge in [-0.25, -0.2) is 0 Å². The Morgan fingerprint density at radius 1 is 1.33 bits per heavy atom. The summed E-state index contributed by atoms with van der Waals surface area (Å²) >= 11 is 8.69. The number of halogens is 2. The number of carbonyl (C=O) groups is 1. The Balaban J connectivity index is 2.64. The van der Waals surface area contributed by atoms with Gasteiger partial charge in [-0.05, 0) is 17.7 Å². The van der Waals surface area contributed by atoms with E-state index in [2.05, 4.69) is 15.9 Å². The fourth-order valence-electron chi connectivity index (χ4n) is 0.877. The van der Waals surface area contributed by atoms with Crippen molar-refractivity contribution in [1.29, 1.82) is 0 Å². The number of hydrogen-bond donors (Lipinski definition) is 0. The molecule has 0 fully saturated rings. The van der Waals surface area contributed by atoms with Gasteiger partial charge < -0.3 is 0 Å². The van der Waals surface area contributed by atoms with Gasteiger partial charge in [0, 0.05) is 10.9 Å². The van der Waals surface area contributed by atoms with Crippen LogP contribution in [0.15, 0.2) is 28.7 Å². The molecule has 0 spiro atoms.